The zero-order chi connectivity index (χ0) is 70.4. The van der Waals surface area contributed by atoms with Gasteiger partial charge in [-0.2, -0.15) is 22.8 Å². The summed E-state index contributed by atoms with van der Waals surface area (Å²) in [6.07, 6.45) is 5.22. The highest BCUT2D eigenvalue weighted by Gasteiger charge is 2.31. The van der Waals surface area contributed by atoms with Gasteiger partial charge in [0.1, 0.15) is 33.6 Å². The molecule has 25 heteroatoms. The first kappa shape index (κ1) is 72.8. The molecule has 506 valence electrons. The average molecular weight is 1430 g/mol. The van der Waals surface area contributed by atoms with Gasteiger partial charge >= 0.3 is 6.18 Å². The van der Waals surface area contributed by atoms with Crippen LogP contribution in [0.25, 0.3) is 39.7 Å². The topological polar surface area (TPSA) is 205 Å². The lowest BCUT2D eigenvalue weighted by Gasteiger charge is -2.12. The molecular formula is C74H65Cl4F3N12O5S. The minimum Gasteiger partial charge on any atom is -0.497 e. The molecule has 99 heavy (non-hydrogen) atoms. The van der Waals surface area contributed by atoms with Gasteiger partial charge in [0.05, 0.1) is 59.0 Å². The third-order valence-electron chi connectivity index (χ3n) is 14.3. The van der Waals surface area contributed by atoms with Crippen molar-refractivity contribution < 1.29 is 37.0 Å². The summed E-state index contributed by atoms with van der Waals surface area (Å²) in [6.45, 7) is 6.83. The van der Waals surface area contributed by atoms with E-state index in [1.807, 2.05) is 111 Å². The number of halogens is 7. The number of thiazole rings is 1. The molecule has 0 unspecified atom stereocenters. The second-order valence-electron chi connectivity index (χ2n) is 21.8. The molecule has 12 rings (SSSR count). The maximum Gasteiger partial charge on any atom is 0.416 e. The van der Waals surface area contributed by atoms with Crippen molar-refractivity contribution in [1.29, 1.82) is 0 Å². The van der Waals surface area contributed by atoms with E-state index in [2.05, 4.69) is 68.4 Å². The number of carbonyl (C=O) groups excluding carboxylic acids is 2. The van der Waals surface area contributed by atoms with Crippen LogP contribution in [0.2, 0.25) is 19.4 Å². The van der Waals surface area contributed by atoms with Gasteiger partial charge < -0.3 is 30.2 Å². The number of hydrogen-bond acceptors (Lipinski definition) is 15. The predicted octanol–water partition coefficient (Wildman–Crippen LogP) is 19.1. The fourth-order valence-electron chi connectivity index (χ4n) is 9.62. The van der Waals surface area contributed by atoms with Crippen LogP contribution >= 0.6 is 57.7 Å². The van der Waals surface area contributed by atoms with Crippen molar-refractivity contribution in [3.8, 4) is 57.0 Å². The Labute approximate surface area is 594 Å². The maximum atomic E-state index is 12.9. The third kappa shape index (κ3) is 21.3. The molecular weight excluding hydrogens is 1370 g/mol. The Bertz CT molecular complexity index is 4650. The summed E-state index contributed by atoms with van der Waals surface area (Å²) in [7, 11) is 4.66. The molecule has 6 aromatic heterocycles. The fraction of sp³-hybridized carbons (Fsp3) is 0.149. The van der Waals surface area contributed by atoms with Gasteiger partial charge in [0.2, 0.25) is 5.95 Å². The number of nitrogens with zero attached hydrogens (tertiary/aromatic N) is 8. The molecule has 0 bridgehead atoms. The molecule has 17 nitrogen and oxygen atoms in total. The highest BCUT2D eigenvalue weighted by atomic mass is 35.5. The van der Waals surface area contributed by atoms with Crippen molar-refractivity contribution in [2.75, 3.05) is 49.1 Å². The molecule has 0 atom stereocenters. The van der Waals surface area contributed by atoms with Crippen LogP contribution in [0.5, 0.6) is 17.2 Å². The molecule has 0 radical (unpaired) electrons. The van der Waals surface area contributed by atoms with E-state index < -0.39 is 11.7 Å². The minimum atomic E-state index is -4.32. The smallest absolute Gasteiger partial charge is 0.416 e. The summed E-state index contributed by atoms with van der Waals surface area (Å²) >= 11 is 26.4. The molecule has 12 aromatic rings. The summed E-state index contributed by atoms with van der Waals surface area (Å²) in [5.74, 6) is 1.78. The van der Waals surface area contributed by atoms with Gasteiger partial charge in [0.25, 0.3) is 11.8 Å². The normalized spacial score (nSPS) is 10.7. The molecule has 6 aromatic carbocycles. The van der Waals surface area contributed by atoms with E-state index in [1.54, 1.807) is 114 Å². The van der Waals surface area contributed by atoms with Crippen LogP contribution in [0.1, 0.15) is 60.5 Å². The molecule has 6 heterocycles. The van der Waals surface area contributed by atoms with Gasteiger partial charge in [-0.1, -0.05) is 118 Å². The first-order valence-electron chi connectivity index (χ1n) is 30.5. The van der Waals surface area contributed by atoms with E-state index in [-0.39, 0.29) is 17.8 Å². The predicted molar refractivity (Wildman–Crippen MR) is 389 cm³/mol. The standard InChI is InChI=1S/C22H20ClF3N2.C20H17ClN2O3.C17H16ClN5O2.C15H12ClN3S/c1-15-11-16(13-17(12-15)22(24,25)26)5-4-10-27-18-7-8-20(23)19(14-18)21-6-2-3-9-28-21;1-25-15-10-14(11-16(12-15)26-2)23-20(24)13-6-7-18(21)17(9-13)19-5-3-4-8-22-19;1-10-4-12(7-13(5-10)25-3)16(24)21-17-20-9-23(22-17)15-14(18)6-11(2)8-19-15;16-14-13(12-8-4-5-9-17-12)19-15(20-14)18-10-11-6-2-1-3-7-11/h2-3,6-9,11-14,27H,4-5,10H2,1H3;3-12H,1-2H3,(H,23,24);4-9H,1-3H3,(H,21,22,24);1-9H,10H2,(H,18,19). The van der Waals surface area contributed by atoms with Crippen molar-refractivity contribution in [2.24, 2.45) is 0 Å². The Balaban J connectivity index is 0.000000155. The Kier molecular flexibility index (Phi) is 25.9. The van der Waals surface area contributed by atoms with Crippen molar-refractivity contribution in [2.45, 2.75) is 46.3 Å². The van der Waals surface area contributed by atoms with Gasteiger partial charge in [-0.05, 0) is 165 Å². The number of carbonyl (C=O) groups is 2. The number of rotatable bonds is 19. The monoisotopic (exact) mass is 1430 g/mol. The zero-order valence-electron chi connectivity index (χ0n) is 54.2. The van der Waals surface area contributed by atoms with Crippen LogP contribution in [0.3, 0.4) is 0 Å². The lowest BCUT2D eigenvalue weighted by Crippen LogP contribution is -2.13. The van der Waals surface area contributed by atoms with E-state index in [1.165, 1.54) is 40.0 Å². The van der Waals surface area contributed by atoms with Crippen LogP contribution in [0.4, 0.5) is 35.6 Å². The summed E-state index contributed by atoms with van der Waals surface area (Å²) in [5.41, 5.74) is 10.7. The first-order chi connectivity index (χ1) is 47.7. The number of nitrogens with one attached hydrogen (secondary N) is 4. The van der Waals surface area contributed by atoms with Gasteiger partial charge in [-0.15, -0.1) is 5.10 Å². The Morgan fingerprint density at radius 2 is 1.14 bits per heavy atom. The van der Waals surface area contributed by atoms with Crippen LogP contribution in [-0.4, -0.2) is 79.4 Å². The van der Waals surface area contributed by atoms with Crippen LogP contribution < -0.4 is 35.5 Å². The van der Waals surface area contributed by atoms with E-state index in [4.69, 9.17) is 60.6 Å². The van der Waals surface area contributed by atoms with E-state index >= 15 is 0 Å². The second-order valence-corrected chi connectivity index (χ2v) is 24.7. The highest BCUT2D eigenvalue weighted by molar-refractivity contribution is 7.20. The summed E-state index contributed by atoms with van der Waals surface area (Å²) in [4.78, 5) is 50.7. The number of amides is 2. The number of pyridine rings is 4. The number of aryl methyl sites for hydroxylation is 4. The summed E-state index contributed by atoms with van der Waals surface area (Å²) < 4.78 is 56.5. The summed E-state index contributed by atoms with van der Waals surface area (Å²) in [6, 6.07) is 54.2. The van der Waals surface area contributed by atoms with Crippen molar-refractivity contribution in [3.63, 3.8) is 0 Å². The first-order valence-corrected chi connectivity index (χ1v) is 32.8. The SMILES string of the molecule is COc1cc(C)cc(C(=O)Nc2ncn(-c3ncc(C)cc3Cl)n2)c1.COc1cc(NC(=O)c2ccc(Cl)c(-c3ccccn3)c2)cc(OC)c1.Cc1cc(CCCNc2ccc(Cl)c(-c3ccccn3)c2)cc(C(F)(F)F)c1.Clc1sc(NCc2ccccc2)nc1-c1ccccn1. The molecule has 0 saturated carbocycles. The minimum absolute atomic E-state index is 0.156. The number of benzene rings is 6. The van der Waals surface area contributed by atoms with Crippen LogP contribution in [0.15, 0.2) is 213 Å². The van der Waals surface area contributed by atoms with Gasteiger partial charge in [0.15, 0.2) is 10.9 Å². The number of aromatic nitrogens is 8. The van der Waals surface area contributed by atoms with Gasteiger partial charge in [-0.25, -0.2) is 9.97 Å². The zero-order valence-corrected chi connectivity index (χ0v) is 58.0. The Morgan fingerprint density at radius 1 is 0.535 bits per heavy atom. The molecule has 0 fully saturated rings. The molecule has 0 aliphatic carbocycles. The number of methoxy groups -OCH3 is 3. The number of anilines is 4. The van der Waals surface area contributed by atoms with E-state index in [0.717, 1.165) is 51.1 Å². The maximum absolute atomic E-state index is 12.9. The number of ether oxygens (including phenoxy) is 3. The molecule has 2 amide bonds. The van der Waals surface area contributed by atoms with Crippen molar-refractivity contribution >= 4 is 92.0 Å². The Hall–Kier alpha value is -10.4. The molecule has 0 spiro atoms. The number of alkyl halides is 3. The lowest BCUT2D eigenvalue weighted by atomic mass is 10.0. The van der Waals surface area contributed by atoms with E-state index in [9.17, 15) is 22.8 Å². The van der Waals surface area contributed by atoms with Crippen LogP contribution in [0, 0.1) is 20.8 Å². The van der Waals surface area contributed by atoms with Gasteiger partial charge in [-0.3, -0.25) is 29.9 Å². The highest BCUT2D eigenvalue weighted by Crippen LogP contribution is 2.36. The van der Waals surface area contributed by atoms with Crippen molar-refractivity contribution in [1.82, 2.24) is 39.7 Å². The van der Waals surface area contributed by atoms with Crippen LogP contribution in [-0.2, 0) is 19.1 Å². The van der Waals surface area contributed by atoms with Crippen molar-refractivity contribution in [3.05, 3.63) is 277 Å². The molecule has 4 N–H and O–H groups in total. The average Bonchev–Trinajstić information content (AvgIpc) is 1.81. The lowest BCUT2D eigenvalue weighted by molar-refractivity contribution is -0.137. The van der Waals surface area contributed by atoms with Gasteiger partial charge in [0, 0.05) is 89.7 Å². The largest absolute Gasteiger partial charge is 0.497 e. The third-order valence-corrected chi connectivity index (χ3v) is 16.5. The molecule has 0 aliphatic heterocycles. The number of hydrogen-bond donors (Lipinski definition) is 4. The molecule has 0 aliphatic rings. The second kappa shape index (κ2) is 35.2. The quantitative estimate of drug-likeness (QED) is 0.0556. The summed E-state index contributed by atoms with van der Waals surface area (Å²) in [5, 5.41) is 18.7. The van der Waals surface area contributed by atoms with E-state index in [0.29, 0.717) is 101 Å². The molecule has 0 saturated heterocycles. The fourth-order valence-corrected chi connectivity index (χ4v) is 11.4. The Morgan fingerprint density at radius 3 is 1.77 bits per heavy atom.